The molecule has 11 rings (SSSR count). The van der Waals surface area contributed by atoms with Crippen LogP contribution in [-0.2, 0) is 0 Å². The Balaban J connectivity index is 0.844. The zero-order valence-electron chi connectivity index (χ0n) is 36.0. The standard InChI is InChI=1S/C65H42/c1-3-45-14-4-6-28-63(45)62-34-32-59(36-44(62)2)57-26-12-24-55(41-57)53-22-10-20-51(39-53)49-18-8-16-47(37-49)48-17-9-19-50(38-48)52-21-11-23-54(40-52)56-25-13-27-58(42-56)60-33-35-65-61(43-60)31-30-46-15-5-7-29-64(46)65/h1,4-29,32-43H,2H3. The Kier molecular flexibility index (Phi) is 10.2. The van der Waals surface area contributed by atoms with Gasteiger partial charge in [-0.2, -0.15) is 0 Å². The van der Waals surface area contributed by atoms with E-state index in [1.807, 2.05) is 18.2 Å². The third kappa shape index (κ3) is 7.76. The van der Waals surface area contributed by atoms with Crippen LogP contribution in [0.1, 0.15) is 11.1 Å². The molecule has 0 bridgehead atoms. The highest BCUT2D eigenvalue weighted by atomic mass is 14.2. The molecule has 65 heavy (non-hydrogen) atoms. The van der Waals surface area contributed by atoms with Gasteiger partial charge in [0.25, 0.3) is 0 Å². The summed E-state index contributed by atoms with van der Waals surface area (Å²) in [4.78, 5) is 0. The van der Waals surface area contributed by atoms with Crippen LogP contribution in [0.15, 0.2) is 231 Å². The third-order valence-corrected chi connectivity index (χ3v) is 12.7. The average Bonchev–Trinajstić information content (AvgIpc) is 3.38. The molecule has 0 atom stereocenters. The maximum atomic E-state index is 5.84. The van der Waals surface area contributed by atoms with Crippen molar-refractivity contribution < 1.29 is 0 Å². The molecule has 0 aromatic heterocycles. The van der Waals surface area contributed by atoms with Crippen LogP contribution in [0.3, 0.4) is 0 Å². The Morgan fingerprint density at radius 3 is 1.09 bits per heavy atom. The molecule has 0 aliphatic heterocycles. The van der Waals surface area contributed by atoms with Crippen molar-refractivity contribution in [1.29, 1.82) is 0 Å². The van der Waals surface area contributed by atoms with E-state index in [0.29, 0.717) is 0 Å². The molecule has 0 nitrogen and oxygen atoms in total. The number of rotatable bonds is 8. The lowest BCUT2D eigenvalue weighted by atomic mass is 9.91. The van der Waals surface area contributed by atoms with Gasteiger partial charge < -0.3 is 0 Å². The molecule has 302 valence electrons. The first-order chi connectivity index (χ1) is 32.0. The zero-order valence-corrected chi connectivity index (χ0v) is 36.0. The van der Waals surface area contributed by atoms with E-state index >= 15 is 0 Å². The molecular weight excluding hydrogens is 781 g/mol. The van der Waals surface area contributed by atoms with Gasteiger partial charge in [-0.3, -0.25) is 0 Å². The highest BCUT2D eigenvalue weighted by Crippen LogP contribution is 2.37. The molecular formula is C65H42. The highest BCUT2D eigenvalue weighted by molar-refractivity contribution is 6.07. The SMILES string of the molecule is C#Cc1ccccc1-c1ccc(-c2cccc(-c3cccc(-c4cccc(-c5cccc(-c6cccc(-c7cccc(-c8ccc9c(c#cc%10ccccc%109)c8)c7)c6)c5)c4)c3)c2)cc1C. The minimum Gasteiger partial charge on any atom is -0.115 e. The number of aryl methyl sites for hydroxylation is 1. The van der Waals surface area contributed by atoms with Crippen LogP contribution in [0.25, 0.3) is 111 Å². The second-order valence-corrected chi connectivity index (χ2v) is 16.8. The summed E-state index contributed by atoms with van der Waals surface area (Å²) in [5.41, 5.74) is 20.9. The van der Waals surface area contributed by atoms with Crippen LogP contribution in [0.5, 0.6) is 0 Å². The van der Waals surface area contributed by atoms with E-state index in [9.17, 15) is 0 Å². The molecule has 0 unspecified atom stereocenters. The molecule has 0 spiro atoms. The maximum absolute atomic E-state index is 5.84. The highest BCUT2D eigenvalue weighted by Gasteiger charge is 2.12. The molecule has 11 aromatic carbocycles. The minimum atomic E-state index is 0.912. The van der Waals surface area contributed by atoms with E-state index in [2.05, 4.69) is 237 Å². The third-order valence-electron chi connectivity index (χ3n) is 12.7. The summed E-state index contributed by atoms with van der Waals surface area (Å²) in [5, 5.41) is 4.57. The number of fused-ring (bicyclic) bond motifs is 3. The number of hydrogen-bond acceptors (Lipinski definition) is 0. The van der Waals surface area contributed by atoms with Gasteiger partial charge in [-0.25, -0.2) is 0 Å². The van der Waals surface area contributed by atoms with Crippen LogP contribution < -0.4 is 0 Å². The molecule has 0 aliphatic carbocycles. The summed E-state index contributed by atoms with van der Waals surface area (Å²) in [5.74, 6) is 2.85. The summed E-state index contributed by atoms with van der Waals surface area (Å²) in [6, 6.07) is 89.8. The van der Waals surface area contributed by atoms with Crippen molar-refractivity contribution in [3.8, 4) is 101 Å². The van der Waals surface area contributed by atoms with E-state index in [4.69, 9.17) is 6.42 Å². The van der Waals surface area contributed by atoms with Gasteiger partial charge in [0.05, 0.1) is 0 Å². The Hall–Kier alpha value is -8.68. The molecule has 0 aliphatic rings. The smallest absolute Gasteiger partial charge is 0.0334 e. The van der Waals surface area contributed by atoms with Crippen LogP contribution in [0.2, 0.25) is 0 Å². The summed E-state index contributed by atoms with van der Waals surface area (Å²) >= 11 is 0. The van der Waals surface area contributed by atoms with Crippen molar-refractivity contribution >= 4 is 21.5 Å². The number of terminal acetylenes is 1. The maximum Gasteiger partial charge on any atom is 0.0334 e. The van der Waals surface area contributed by atoms with Crippen molar-refractivity contribution in [2.24, 2.45) is 0 Å². The summed E-state index contributed by atoms with van der Waals surface area (Å²) in [6.45, 7) is 2.16. The Morgan fingerprint density at radius 2 is 0.646 bits per heavy atom. The quantitative estimate of drug-likeness (QED) is 0.134. The lowest BCUT2D eigenvalue weighted by Crippen LogP contribution is -1.89. The van der Waals surface area contributed by atoms with Crippen molar-refractivity contribution in [2.45, 2.75) is 6.92 Å². The van der Waals surface area contributed by atoms with Gasteiger partial charge in [0.2, 0.25) is 0 Å². The normalized spacial score (nSPS) is 11.0. The van der Waals surface area contributed by atoms with Gasteiger partial charge in [-0.05, 0) is 167 Å². The van der Waals surface area contributed by atoms with E-state index in [1.54, 1.807) is 0 Å². The molecule has 0 heterocycles. The van der Waals surface area contributed by atoms with Gasteiger partial charge >= 0.3 is 0 Å². The first-order valence-electron chi connectivity index (χ1n) is 22.1. The van der Waals surface area contributed by atoms with Crippen molar-refractivity contribution in [3.63, 3.8) is 0 Å². The first-order valence-corrected chi connectivity index (χ1v) is 22.1. The molecule has 0 heteroatoms. The predicted octanol–water partition coefficient (Wildman–Crippen LogP) is 17.2. The predicted molar refractivity (Wildman–Crippen MR) is 275 cm³/mol. The largest absolute Gasteiger partial charge is 0.115 e. The second kappa shape index (κ2) is 16.9. The molecule has 0 radical (unpaired) electrons. The van der Waals surface area contributed by atoms with E-state index < -0.39 is 0 Å². The Labute approximate surface area is 381 Å². The number of benzene rings is 10. The lowest BCUT2D eigenvalue weighted by Gasteiger charge is -2.13. The van der Waals surface area contributed by atoms with E-state index in [1.165, 1.54) is 94.2 Å². The van der Waals surface area contributed by atoms with Crippen molar-refractivity contribution in [1.82, 2.24) is 0 Å². The molecule has 0 saturated carbocycles. The number of hydrogen-bond donors (Lipinski definition) is 0. The van der Waals surface area contributed by atoms with Crippen LogP contribution in [-0.4, -0.2) is 0 Å². The molecule has 0 fully saturated rings. The Bertz CT molecular complexity index is 3630. The van der Waals surface area contributed by atoms with Crippen molar-refractivity contribution in [2.75, 3.05) is 0 Å². The fraction of sp³-hybridized carbons (Fsp3) is 0.0154. The van der Waals surface area contributed by atoms with Gasteiger partial charge in [0.15, 0.2) is 0 Å². The topological polar surface area (TPSA) is 0 Å². The molecule has 11 aromatic rings. The van der Waals surface area contributed by atoms with Crippen molar-refractivity contribution in [3.05, 3.63) is 254 Å². The second-order valence-electron chi connectivity index (χ2n) is 16.8. The van der Waals surface area contributed by atoms with Crippen LogP contribution in [0, 0.1) is 31.4 Å². The average molecular weight is 823 g/mol. The zero-order chi connectivity index (χ0) is 43.7. The van der Waals surface area contributed by atoms with E-state index in [0.717, 1.165) is 27.5 Å². The molecule has 0 saturated heterocycles. The Morgan fingerprint density at radius 1 is 0.292 bits per heavy atom. The molecule has 0 N–H and O–H groups in total. The summed E-state index contributed by atoms with van der Waals surface area (Å²) in [6.07, 6.45) is 5.84. The summed E-state index contributed by atoms with van der Waals surface area (Å²) in [7, 11) is 0. The summed E-state index contributed by atoms with van der Waals surface area (Å²) < 4.78 is 0. The lowest BCUT2D eigenvalue weighted by molar-refractivity contribution is 1.44. The first kappa shape index (κ1) is 39.2. The monoisotopic (exact) mass is 822 g/mol. The van der Waals surface area contributed by atoms with Gasteiger partial charge in [0.1, 0.15) is 0 Å². The van der Waals surface area contributed by atoms with E-state index in [-0.39, 0.29) is 0 Å². The molecule has 0 amide bonds. The fourth-order valence-corrected chi connectivity index (χ4v) is 9.28. The minimum absolute atomic E-state index is 0.912. The van der Waals surface area contributed by atoms with Crippen LogP contribution in [0.4, 0.5) is 0 Å². The fourth-order valence-electron chi connectivity index (χ4n) is 9.28. The van der Waals surface area contributed by atoms with Gasteiger partial charge in [0, 0.05) is 16.3 Å². The van der Waals surface area contributed by atoms with Gasteiger partial charge in [-0.1, -0.05) is 194 Å². The van der Waals surface area contributed by atoms with Gasteiger partial charge in [-0.15, -0.1) is 6.42 Å². The van der Waals surface area contributed by atoms with Crippen LogP contribution >= 0.6 is 0 Å².